The van der Waals surface area contributed by atoms with Crippen LogP contribution >= 0.6 is 0 Å². The van der Waals surface area contributed by atoms with Crippen LogP contribution in [0.2, 0.25) is 0 Å². The van der Waals surface area contributed by atoms with Crippen molar-refractivity contribution in [3.05, 3.63) is 34.9 Å². The molecule has 0 aliphatic heterocycles. The lowest BCUT2D eigenvalue weighted by atomic mass is 10.2. The summed E-state index contributed by atoms with van der Waals surface area (Å²) >= 11 is 0. The summed E-state index contributed by atoms with van der Waals surface area (Å²) in [5.41, 5.74) is 1.10. The summed E-state index contributed by atoms with van der Waals surface area (Å²) < 4.78 is 12.2. The molecule has 1 aromatic carbocycles. The van der Waals surface area contributed by atoms with Crippen LogP contribution in [0.1, 0.15) is 0 Å². The van der Waals surface area contributed by atoms with E-state index < -0.39 is 0 Å². The lowest BCUT2D eigenvalue weighted by Crippen LogP contribution is -2.09. The van der Waals surface area contributed by atoms with Gasteiger partial charge in [0.15, 0.2) is 0 Å². The first kappa shape index (κ1) is 10.6. The number of rotatable bonds is 2. The highest BCUT2D eigenvalue weighted by atomic mass is 16.5. The molecule has 2 aromatic heterocycles. The van der Waals surface area contributed by atoms with Crippen LogP contribution < -0.4 is 15.0 Å². The zero-order valence-corrected chi connectivity index (χ0v) is 9.93. The Balaban J connectivity index is 2.53. The van der Waals surface area contributed by atoms with Gasteiger partial charge in [-0.2, -0.15) is 5.10 Å². The van der Waals surface area contributed by atoms with Crippen molar-refractivity contribution in [3.8, 4) is 11.5 Å². The van der Waals surface area contributed by atoms with E-state index in [4.69, 9.17) is 9.47 Å². The van der Waals surface area contributed by atoms with E-state index in [-0.39, 0.29) is 5.56 Å². The number of nitrogens with zero attached hydrogens (tertiary/aromatic N) is 2. The van der Waals surface area contributed by atoms with Crippen molar-refractivity contribution in [1.29, 1.82) is 0 Å². The van der Waals surface area contributed by atoms with Gasteiger partial charge in [-0.1, -0.05) is 0 Å². The highest BCUT2D eigenvalue weighted by Crippen LogP contribution is 2.32. The first-order chi connectivity index (χ1) is 8.74. The maximum atomic E-state index is 11.7. The number of benzene rings is 1. The van der Waals surface area contributed by atoms with Gasteiger partial charge in [-0.15, -0.1) is 0 Å². The van der Waals surface area contributed by atoms with E-state index >= 15 is 0 Å². The van der Waals surface area contributed by atoms with E-state index in [1.54, 1.807) is 37.1 Å². The zero-order valence-electron chi connectivity index (χ0n) is 9.93. The normalized spacial score (nSPS) is 11.0. The quantitative estimate of drug-likeness (QED) is 0.736. The predicted molar refractivity (Wildman–Crippen MR) is 66.4 cm³/mol. The molecule has 0 fully saturated rings. The average molecular weight is 245 g/mol. The Morgan fingerprint density at radius 1 is 1.17 bits per heavy atom. The maximum Gasteiger partial charge on any atom is 0.288 e. The number of fused-ring (bicyclic) bond motifs is 3. The van der Waals surface area contributed by atoms with Crippen molar-refractivity contribution in [1.82, 2.24) is 14.6 Å². The molecule has 18 heavy (non-hydrogen) atoms. The molecular formula is C12H11N3O3. The molecule has 0 unspecified atom stereocenters. The number of hydrogen-bond acceptors (Lipinski definition) is 4. The average Bonchev–Trinajstić information content (AvgIpc) is 2.78. The monoisotopic (exact) mass is 245 g/mol. The minimum Gasteiger partial charge on any atom is -0.497 e. The fraction of sp³-hybridized carbons (Fsp3) is 0.167. The molecule has 3 aromatic rings. The molecular weight excluding hydrogens is 234 g/mol. The van der Waals surface area contributed by atoms with Gasteiger partial charge in [0.05, 0.1) is 19.7 Å². The lowest BCUT2D eigenvalue weighted by molar-refractivity contribution is 0.398. The fourth-order valence-corrected chi connectivity index (χ4v) is 2.06. The molecule has 0 bridgehead atoms. The molecule has 0 radical (unpaired) electrons. The van der Waals surface area contributed by atoms with Crippen LogP contribution in [0.15, 0.2) is 29.3 Å². The van der Waals surface area contributed by atoms with Gasteiger partial charge in [-0.3, -0.25) is 9.20 Å². The maximum absolute atomic E-state index is 11.7. The third-order valence-corrected chi connectivity index (χ3v) is 2.92. The van der Waals surface area contributed by atoms with Crippen molar-refractivity contribution in [2.75, 3.05) is 14.2 Å². The molecule has 92 valence electrons. The molecule has 6 nitrogen and oxygen atoms in total. The van der Waals surface area contributed by atoms with E-state index in [2.05, 4.69) is 10.2 Å². The second-order valence-electron chi connectivity index (χ2n) is 3.85. The van der Waals surface area contributed by atoms with Crippen LogP contribution in [-0.2, 0) is 0 Å². The number of ether oxygens (including phenoxy) is 2. The van der Waals surface area contributed by atoms with Crippen molar-refractivity contribution < 1.29 is 9.47 Å². The summed E-state index contributed by atoms with van der Waals surface area (Å²) in [6, 6.07) is 5.39. The van der Waals surface area contributed by atoms with Gasteiger partial charge in [0, 0.05) is 17.5 Å². The van der Waals surface area contributed by atoms with Crippen molar-refractivity contribution >= 4 is 16.4 Å². The Labute approximate surface area is 102 Å². The summed E-state index contributed by atoms with van der Waals surface area (Å²) in [4.78, 5) is 11.7. The SMILES string of the molecule is COc1cc(OC)c2cc3c(=O)[nH]ncn3c2c1. The lowest BCUT2D eigenvalue weighted by Gasteiger charge is -2.05. The summed E-state index contributed by atoms with van der Waals surface area (Å²) in [6.45, 7) is 0. The van der Waals surface area contributed by atoms with Gasteiger partial charge in [-0.05, 0) is 6.07 Å². The van der Waals surface area contributed by atoms with Gasteiger partial charge >= 0.3 is 0 Å². The van der Waals surface area contributed by atoms with E-state index in [1.807, 2.05) is 6.07 Å². The number of methoxy groups -OCH3 is 2. The Kier molecular flexibility index (Phi) is 2.22. The van der Waals surface area contributed by atoms with E-state index in [1.165, 1.54) is 0 Å². The second-order valence-corrected chi connectivity index (χ2v) is 3.85. The minimum absolute atomic E-state index is 0.241. The molecule has 0 saturated heterocycles. The van der Waals surface area contributed by atoms with Crippen LogP contribution in [0.25, 0.3) is 16.4 Å². The minimum atomic E-state index is -0.241. The van der Waals surface area contributed by atoms with Crippen molar-refractivity contribution in [2.45, 2.75) is 0 Å². The molecule has 0 amide bonds. The number of H-pyrrole nitrogens is 1. The zero-order chi connectivity index (χ0) is 12.7. The van der Waals surface area contributed by atoms with Crippen LogP contribution in [0.4, 0.5) is 0 Å². The Hall–Kier alpha value is -2.50. The molecule has 6 heteroatoms. The molecule has 2 heterocycles. The van der Waals surface area contributed by atoms with Gasteiger partial charge in [0.25, 0.3) is 5.56 Å². The van der Waals surface area contributed by atoms with Crippen LogP contribution in [0, 0.1) is 0 Å². The Morgan fingerprint density at radius 2 is 2.00 bits per heavy atom. The third-order valence-electron chi connectivity index (χ3n) is 2.92. The molecule has 0 spiro atoms. The van der Waals surface area contributed by atoms with E-state index in [0.29, 0.717) is 17.0 Å². The second kappa shape index (κ2) is 3.76. The van der Waals surface area contributed by atoms with E-state index in [0.717, 1.165) is 10.9 Å². The third kappa shape index (κ3) is 1.35. The smallest absolute Gasteiger partial charge is 0.288 e. The largest absolute Gasteiger partial charge is 0.497 e. The van der Waals surface area contributed by atoms with Crippen molar-refractivity contribution in [2.24, 2.45) is 0 Å². The highest BCUT2D eigenvalue weighted by Gasteiger charge is 2.12. The number of aromatic amines is 1. The van der Waals surface area contributed by atoms with Gasteiger partial charge in [-0.25, -0.2) is 5.10 Å². The molecule has 3 rings (SSSR count). The van der Waals surface area contributed by atoms with Gasteiger partial charge in [0.1, 0.15) is 23.3 Å². The van der Waals surface area contributed by atoms with Crippen LogP contribution in [-0.4, -0.2) is 28.8 Å². The number of aromatic nitrogens is 3. The van der Waals surface area contributed by atoms with E-state index in [9.17, 15) is 4.79 Å². The van der Waals surface area contributed by atoms with Crippen LogP contribution in [0.3, 0.4) is 0 Å². The number of hydrogen-bond donors (Lipinski definition) is 1. The van der Waals surface area contributed by atoms with Crippen molar-refractivity contribution in [3.63, 3.8) is 0 Å². The highest BCUT2D eigenvalue weighted by molar-refractivity contribution is 5.93. The topological polar surface area (TPSA) is 68.6 Å². The van der Waals surface area contributed by atoms with Gasteiger partial charge in [0.2, 0.25) is 0 Å². The first-order valence-electron chi connectivity index (χ1n) is 5.35. The van der Waals surface area contributed by atoms with Crippen LogP contribution in [0.5, 0.6) is 11.5 Å². The molecule has 0 aliphatic rings. The molecule has 0 aliphatic carbocycles. The summed E-state index contributed by atoms with van der Waals surface area (Å²) in [6.07, 6.45) is 1.55. The number of nitrogens with one attached hydrogen (secondary N) is 1. The Bertz CT molecular complexity index is 788. The predicted octanol–water partition coefficient (Wildman–Crippen LogP) is 1.19. The summed E-state index contributed by atoms with van der Waals surface area (Å²) in [5, 5.41) is 7.04. The fourth-order valence-electron chi connectivity index (χ4n) is 2.06. The molecule has 1 N–H and O–H groups in total. The Morgan fingerprint density at radius 3 is 2.72 bits per heavy atom. The molecule has 0 atom stereocenters. The standard InChI is InChI=1S/C12H11N3O3/c1-17-7-3-9-8(11(4-7)18-2)5-10-12(16)14-13-6-15(9)10/h3-6H,1-2H3,(H,14,16). The summed E-state index contributed by atoms with van der Waals surface area (Å²) in [7, 11) is 3.17. The first-order valence-corrected chi connectivity index (χ1v) is 5.35. The molecule has 0 saturated carbocycles. The van der Waals surface area contributed by atoms with Gasteiger partial charge < -0.3 is 9.47 Å². The summed E-state index contributed by atoms with van der Waals surface area (Å²) in [5.74, 6) is 1.33.